The van der Waals surface area contributed by atoms with Crippen LogP contribution in [0.25, 0.3) is 0 Å². The Kier molecular flexibility index (Phi) is 4.75. The van der Waals surface area contributed by atoms with Gasteiger partial charge in [0.25, 0.3) is 0 Å². The molecule has 1 aromatic carbocycles. The largest absolute Gasteiger partial charge is 0.354 e. The average molecular weight is 351 g/mol. The van der Waals surface area contributed by atoms with E-state index in [1.54, 1.807) is 6.92 Å². The lowest BCUT2D eigenvalue weighted by molar-refractivity contribution is -0.140. The lowest BCUT2D eigenvalue weighted by Gasteiger charge is -2.50. The monoisotopic (exact) mass is 351 g/mol. The van der Waals surface area contributed by atoms with E-state index in [2.05, 4.69) is 17.2 Å². The summed E-state index contributed by atoms with van der Waals surface area (Å²) in [5.41, 5.74) is 3.43. The molecule has 0 radical (unpaired) electrons. The van der Waals surface area contributed by atoms with E-state index in [1.165, 1.54) is 6.92 Å². The molecule has 0 bridgehead atoms. The van der Waals surface area contributed by atoms with Crippen molar-refractivity contribution in [1.82, 2.24) is 5.32 Å². The molecule has 2 aliphatic rings. The van der Waals surface area contributed by atoms with E-state index in [0.717, 1.165) is 35.1 Å². The highest BCUT2D eigenvalue weighted by molar-refractivity contribution is 6.10. The fourth-order valence-electron chi connectivity index (χ4n) is 4.82. The Morgan fingerprint density at radius 1 is 1.12 bits per heavy atom. The van der Waals surface area contributed by atoms with Crippen LogP contribution >= 0.6 is 0 Å². The molecular weight excluding hydrogens is 326 g/mol. The smallest absolute Gasteiger partial charge is 0.217 e. The Labute approximate surface area is 154 Å². The molecule has 4 nitrogen and oxygen atoms in total. The van der Waals surface area contributed by atoms with Crippen molar-refractivity contribution in [3.63, 3.8) is 0 Å². The molecule has 0 unspecified atom stereocenters. The third-order valence-electron chi connectivity index (χ3n) is 5.66. The quantitative estimate of drug-likeness (QED) is 0.658. The molecule has 1 aromatic rings. The molecule has 2 saturated carbocycles. The Morgan fingerprint density at radius 3 is 2.12 bits per heavy atom. The van der Waals surface area contributed by atoms with Crippen molar-refractivity contribution in [2.45, 2.75) is 65.3 Å². The number of Topliss-reactive ketones (excluding diaryl/α,β-unsaturated/α-hetero) is 2. The van der Waals surface area contributed by atoms with E-state index in [1.807, 2.05) is 26.0 Å². The maximum absolute atomic E-state index is 12.9. The van der Waals surface area contributed by atoms with Gasteiger partial charge < -0.3 is 5.32 Å². The highest BCUT2D eigenvalue weighted by atomic mass is 16.2. The first-order chi connectivity index (χ1) is 12.2. The Morgan fingerprint density at radius 2 is 1.65 bits per heavy atom. The molecule has 2 aliphatic carbocycles. The Hall–Kier alpha value is -2.41. The molecule has 4 heteroatoms. The van der Waals surface area contributed by atoms with Gasteiger partial charge in [0.1, 0.15) is 17.5 Å². The van der Waals surface area contributed by atoms with Crippen LogP contribution in [0.3, 0.4) is 0 Å². The standard InChI is InChI=1S/C22H25NO3/c1-5-6-16-7-13(2)20(14(3)8-16)21-18(25)11-22(12-19(21)26)9-17(10-22)23-15(4)24/h7-8,17,21H,9-12H2,1-4H3,(H,23,24). The highest BCUT2D eigenvalue weighted by Crippen LogP contribution is 2.52. The molecule has 0 atom stereocenters. The third-order valence-corrected chi connectivity index (χ3v) is 5.66. The SMILES string of the molecule is CC#Cc1cc(C)c(C2C(=O)CC3(CC2=O)CC(NC(C)=O)C3)c(C)c1. The van der Waals surface area contributed by atoms with Gasteiger partial charge in [-0.2, -0.15) is 0 Å². The number of hydrogen-bond acceptors (Lipinski definition) is 3. The minimum absolute atomic E-state index is 0.0167. The van der Waals surface area contributed by atoms with Gasteiger partial charge in [-0.25, -0.2) is 0 Å². The first-order valence-corrected chi connectivity index (χ1v) is 9.11. The molecule has 1 amide bonds. The maximum atomic E-state index is 12.9. The lowest BCUT2D eigenvalue weighted by atomic mass is 9.55. The van der Waals surface area contributed by atoms with Gasteiger partial charge in [-0.3, -0.25) is 14.4 Å². The third kappa shape index (κ3) is 3.31. The summed E-state index contributed by atoms with van der Waals surface area (Å²) in [5, 5.41) is 2.89. The molecule has 3 rings (SSSR count). The summed E-state index contributed by atoms with van der Waals surface area (Å²) in [6, 6.07) is 4.01. The first-order valence-electron chi connectivity index (χ1n) is 9.11. The van der Waals surface area contributed by atoms with Crippen molar-refractivity contribution in [3.05, 3.63) is 34.4 Å². The number of amides is 1. The second-order valence-electron chi connectivity index (χ2n) is 7.92. The molecular formula is C22H25NO3. The van der Waals surface area contributed by atoms with Crippen LogP contribution in [0, 0.1) is 31.1 Å². The number of benzene rings is 1. The van der Waals surface area contributed by atoms with Crippen LogP contribution in [0.2, 0.25) is 0 Å². The summed E-state index contributed by atoms with van der Waals surface area (Å²) in [4.78, 5) is 37.0. The number of ketones is 2. The van der Waals surface area contributed by atoms with Gasteiger partial charge in [-0.05, 0) is 67.9 Å². The number of aryl methyl sites for hydroxylation is 2. The normalized spacial score (nSPS) is 27.5. The second-order valence-corrected chi connectivity index (χ2v) is 7.92. The molecule has 1 N–H and O–H groups in total. The Balaban J connectivity index is 1.82. The summed E-state index contributed by atoms with van der Waals surface area (Å²) >= 11 is 0. The van der Waals surface area contributed by atoms with Crippen LogP contribution in [0.4, 0.5) is 0 Å². The van der Waals surface area contributed by atoms with Gasteiger partial charge in [0.05, 0.1) is 0 Å². The maximum Gasteiger partial charge on any atom is 0.217 e. The zero-order chi connectivity index (χ0) is 19.1. The zero-order valence-corrected chi connectivity index (χ0v) is 15.9. The van der Waals surface area contributed by atoms with Crippen molar-refractivity contribution >= 4 is 17.5 Å². The van der Waals surface area contributed by atoms with Crippen LogP contribution in [0.5, 0.6) is 0 Å². The summed E-state index contributed by atoms with van der Waals surface area (Å²) < 4.78 is 0. The summed E-state index contributed by atoms with van der Waals surface area (Å²) in [5.74, 6) is 5.25. The van der Waals surface area contributed by atoms with Crippen molar-refractivity contribution in [1.29, 1.82) is 0 Å². The number of nitrogens with one attached hydrogen (secondary N) is 1. The minimum atomic E-state index is -0.649. The summed E-state index contributed by atoms with van der Waals surface area (Å²) in [6.45, 7) is 7.18. The summed E-state index contributed by atoms with van der Waals surface area (Å²) in [6.07, 6.45) is 2.29. The minimum Gasteiger partial charge on any atom is -0.354 e. The van der Waals surface area contributed by atoms with Gasteiger partial charge in [-0.1, -0.05) is 5.92 Å². The van der Waals surface area contributed by atoms with E-state index < -0.39 is 5.92 Å². The van der Waals surface area contributed by atoms with Crippen molar-refractivity contribution in [2.75, 3.05) is 0 Å². The first kappa shape index (κ1) is 18.4. The van der Waals surface area contributed by atoms with Crippen molar-refractivity contribution in [2.24, 2.45) is 5.41 Å². The molecule has 0 aromatic heterocycles. The topological polar surface area (TPSA) is 63.2 Å². The van der Waals surface area contributed by atoms with Gasteiger partial charge in [0.2, 0.25) is 5.91 Å². The summed E-state index contributed by atoms with van der Waals surface area (Å²) in [7, 11) is 0. The van der Waals surface area contributed by atoms with Gasteiger partial charge in [0.15, 0.2) is 0 Å². The van der Waals surface area contributed by atoms with E-state index in [9.17, 15) is 14.4 Å². The van der Waals surface area contributed by atoms with Crippen molar-refractivity contribution in [3.8, 4) is 11.8 Å². The van der Waals surface area contributed by atoms with Crippen LogP contribution < -0.4 is 5.32 Å². The number of rotatable bonds is 2. The van der Waals surface area contributed by atoms with E-state index >= 15 is 0 Å². The fraction of sp³-hybridized carbons (Fsp3) is 0.500. The van der Waals surface area contributed by atoms with Gasteiger partial charge in [0, 0.05) is 31.4 Å². The van der Waals surface area contributed by atoms with E-state index in [-0.39, 0.29) is 28.9 Å². The van der Waals surface area contributed by atoms with E-state index in [4.69, 9.17) is 0 Å². The molecule has 0 saturated heterocycles. The predicted octanol–water partition coefficient (Wildman–Crippen LogP) is 2.98. The number of carbonyl (C=O) groups excluding carboxylic acids is 3. The highest BCUT2D eigenvalue weighted by Gasteiger charge is 2.52. The lowest BCUT2D eigenvalue weighted by Crippen LogP contribution is -2.54. The van der Waals surface area contributed by atoms with Gasteiger partial charge in [-0.15, -0.1) is 5.92 Å². The van der Waals surface area contributed by atoms with Crippen LogP contribution in [0.1, 0.15) is 67.7 Å². The molecule has 2 fully saturated rings. The second kappa shape index (κ2) is 6.72. The van der Waals surface area contributed by atoms with E-state index in [0.29, 0.717) is 12.8 Å². The Bertz CT molecular complexity index is 807. The van der Waals surface area contributed by atoms with Crippen LogP contribution in [-0.2, 0) is 14.4 Å². The van der Waals surface area contributed by atoms with Crippen LogP contribution in [-0.4, -0.2) is 23.5 Å². The molecule has 26 heavy (non-hydrogen) atoms. The molecule has 1 spiro atoms. The molecule has 136 valence electrons. The molecule has 0 heterocycles. The van der Waals surface area contributed by atoms with Crippen molar-refractivity contribution < 1.29 is 14.4 Å². The predicted molar refractivity (Wildman–Crippen MR) is 99.7 cm³/mol. The molecule has 0 aliphatic heterocycles. The average Bonchev–Trinajstić information content (AvgIpc) is 2.47. The zero-order valence-electron chi connectivity index (χ0n) is 15.9. The van der Waals surface area contributed by atoms with Gasteiger partial charge >= 0.3 is 0 Å². The number of carbonyl (C=O) groups is 3. The number of hydrogen-bond donors (Lipinski definition) is 1. The fourth-order valence-corrected chi connectivity index (χ4v) is 4.82. The van der Waals surface area contributed by atoms with Crippen LogP contribution in [0.15, 0.2) is 12.1 Å².